The third-order valence-electron chi connectivity index (χ3n) is 5.55. The highest BCUT2D eigenvalue weighted by atomic mass is 32.2. The predicted octanol–water partition coefficient (Wildman–Crippen LogP) is 4.17. The van der Waals surface area contributed by atoms with Crippen LogP contribution in [0.4, 0.5) is 0 Å². The Labute approximate surface area is 195 Å². The number of amides is 2. The summed E-state index contributed by atoms with van der Waals surface area (Å²) in [6.07, 6.45) is 6.95. The van der Waals surface area contributed by atoms with Gasteiger partial charge in [0.1, 0.15) is 11.1 Å². The van der Waals surface area contributed by atoms with Crippen LogP contribution in [0.1, 0.15) is 32.6 Å². The molecule has 1 atom stereocenters. The molecule has 8 heteroatoms. The smallest absolute Gasteiger partial charge is 0.251 e. The van der Waals surface area contributed by atoms with Crippen LogP contribution in [0.25, 0.3) is 5.69 Å². The molecule has 1 fully saturated rings. The zero-order chi connectivity index (χ0) is 22.6. The lowest BCUT2D eigenvalue weighted by atomic mass is 10.1. The fraction of sp³-hybridized carbons (Fsp3) is 0.160. The first kappa shape index (κ1) is 21.1. The van der Waals surface area contributed by atoms with Gasteiger partial charge in [-0.2, -0.15) is 0 Å². The van der Waals surface area contributed by atoms with Gasteiger partial charge in [0.15, 0.2) is 0 Å². The highest BCUT2D eigenvalue weighted by molar-refractivity contribution is 8.00. The maximum Gasteiger partial charge on any atom is 0.251 e. The van der Waals surface area contributed by atoms with E-state index >= 15 is 0 Å². The van der Waals surface area contributed by atoms with E-state index in [2.05, 4.69) is 10.3 Å². The summed E-state index contributed by atoms with van der Waals surface area (Å²) in [7, 11) is 0. The van der Waals surface area contributed by atoms with E-state index in [0.717, 1.165) is 22.6 Å². The summed E-state index contributed by atoms with van der Waals surface area (Å²) < 4.78 is 7.33. The Morgan fingerprint density at radius 1 is 1.12 bits per heavy atom. The van der Waals surface area contributed by atoms with Gasteiger partial charge in [-0.3, -0.25) is 9.59 Å². The van der Waals surface area contributed by atoms with Crippen LogP contribution in [-0.2, 0) is 17.9 Å². The molecular formula is C25H22N4O3S. The normalized spacial score (nSPS) is 15.7. The minimum absolute atomic E-state index is 0.0831. The monoisotopic (exact) mass is 458 g/mol. The number of carbonyl (C=O) groups is 2. The minimum atomic E-state index is -0.149. The topological polar surface area (TPSA) is 80.4 Å². The molecule has 2 amide bonds. The lowest BCUT2D eigenvalue weighted by Crippen LogP contribution is -2.27. The van der Waals surface area contributed by atoms with Crippen LogP contribution >= 0.6 is 11.8 Å². The molecule has 0 radical (unpaired) electrons. The number of benzene rings is 2. The van der Waals surface area contributed by atoms with Gasteiger partial charge in [-0.1, -0.05) is 30.3 Å². The van der Waals surface area contributed by atoms with E-state index in [1.807, 2.05) is 64.2 Å². The van der Waals surface area contributed by atoms with E-state index in [-0.39, 0.29) is 17.2 Å². The number of hydrogen-bond acceptors (Lipinski definition) is 5. The summed E-state index contributed by atoms with van der Waals surface area (Å²) in [4.78, 5) is 31.1. The molecule has 33 heavy (non-hydrogen) atoms. The number of carbonyl (C=O) groups excluding carboxylic acids is 2. The van der Waals surface area contributed by atoms with E-state index < -0.39 is 0 Å². The van der Waals surface area contributed by atoms with Crippen molar-refractivity contribution < 1.29 is 14.0 Å². The van der Waals surface area contributed by atoms with Gasteiger partial charge in [0.05, 0.1) is 30.6 Å². The number of para-hydroxylation sites is 1. The van der Waals surface area contributed by atoms with E-state index in [0.29, 0.717) is 24.4 Å². The summed E-state index contributed by atoms with van der Waals surface area (Å²) in [5, 5.41) is 2.90. The first-order chi connectivity index (χ1) is 16.2. The van der Waals surface area contributed by atoms with Crippen molar-refractivity contribution in [2.75, 3.05) is 5.75 Å². The molecule has 3 heterocycles. The van der Waals surface area contributed by atoms with Crippen LogP contribution in [0.2, 0.25) is 0 Å². The predicted molar refractivity (Wildman–Crippen MR) is 126 cm³/mol. The van der Waals surface area contributed by atoms with Gasteiger partial charge in [-0.25, -0.2) is 4.98 Å². The van der Waals surface area contributed by atoms with Crippen LogP contribution in [0.3, 0.4) is 0 Å². The molecule has 1 aliphatic rings. The molecule has 0 aliphatic carbocycles. The maximum atomic E-state index is 12.8. The van der Waals surface area contributed by atoms with E-state index in [4.69, 9.17) is 4.42 Å². The summed E-state index contributed by atoms with van der Waals surface area (Å²) in [6, 6.07) is 19.0. The summed E-state index contributed by atoms with van der Waals surface area (Å²) in [5.74, 6) is 1.12. The van der Waals surface area contributed by atoms with Crippen molar-refractivity contribution in [2.24, 2.45) is 0 Å². The van der Waals surface area contributed by atoms with Crippen molar-refractivity contribution in [3.8, 4) is 5.69 Å². The third-order valence-corrected chi connectivity index (χ3v) is 6.80. The molecule has 5 rings (SSSR count). The molecule has 1 aliphatic heterocycles. The van der Waals surface area contributed by atoms with E-state index in [9.17, 15) is 9.59 Å². The fourth-order valence-corrected chi connectivity index (χ4v) is 5.05. The SMILES string of the molecule is O=C(NCc1ccccc1-n1ccnc1)c1ccc(C2SCC(=O)N2Cc2ccco2)cc1. The van der Waals surface area contributed by atoms with Gasteiger partial charge < -0.3 is 19.2 Å². The van der Waals surface area contributed by atoms with Crippen molar-refractivity contribution in [1.29, 1.82) is 0 Å². The molecule has 2 aromatic heterocycles. The number of aromatic nitrogens is 2. The number of nitrogens with one attached hydrogen (secondary N) is 1. The summed E-state index contributed by atoms with van der Waals surface area (Å²) in [5.41, 5.74) is 3.53. The molecule has 0 bridgehead atoms. The van der Waals surface area contributed by atoms with Gasteiger partial charge in [0, 0.05) is 24.5 Å². The van der Waals surface area contributed by atoms with Gasteiger partial charge in [-0.05, 0) is 41.5 Å². The standard InChI is InChI=1S/C25H22N4O3S/c30-23-16-33-25(29(23)15-21-5-3-13-32-21)19-9-7-18(8-10-19)24(31)27-14-20-4-1-2-6-22(20)28-12-11-26-17-28/h1-13,17,25H,14-16H2,(H,27,31). The Hall–Kier alpha value is -3.78. The molecule has 166 valence electrons. The molecule has 1 saturated heterocycles. The Balaban J connectivity index is 1.25. The average Bonchev–Trinajstić information content (AvgIpc) is 3.62. The second kappa shape index (κ2) is 9.38. The van der Waals surface area contributed by atoms with E-state index in [1.165, 1.54) is 0 Å². The van der Waals surface area contributed by atoms with Crippen molar-refractivity contribution in [1.82, 2.24) is 19.8 Å². The lowest BCUT2D eigenvalue weighted by Gasteiger charge is -2.23. The van der Waals surface area contributed by atoms with Gasteiger partial charge in [0.25, 0.3) is 5.91 Å². The molecule has 1 N–H and O–H groups in total. The molecule has 7 nitrogen and oxygen atoms in total. The lowest BCUT2D eigenvalue weighted by molar-refractivity contribution is -0.128. The van der Waals surface area contributed by atoms with Crippen LogP contribution < -0.4 is 5.32 Å². The summed E-state index contributed by atoms with van der Waals surface area (Å²) >= 11 is 1.58. The Morgan fingerprint density at radius 2 is 1.97 bits per heavy atom. The van der Waals surface area contributed by atoms with Crippen LogP contribution in [0.5, 0.6) is 0 Å². The molecule has 0 saturated carbocycles. The Kier molecular flexibility index (Phi) is 5.99. The second-order valence-corrected chi connectivity index (χ2v) is 8.74. The van der Waals surface area contributed by atoms with E-state index in [1.54, 1.807) is 42.7 Å². The number of thioether (sulfide) groups is 1. The first-order valence-corrected chi connectivity index (χ1v) is 11.6. The van der Waals surface area contributed by atoms with Gasteiger partial charge in [-0.15, -0.1) is 11.8 Å². The van der Waals surface area contributed by atoms with Crippen LogP contribution in [0, 0.1) is 0 Å². The Morgan fingerprint density at radius 3 is 2.73 bits per heavy atom. The quantitative estimate of drug-likeness (QED) is 0.450. The van der Waals surface area contributed by atoms with Crippen LogP contribution in [0.15, 0.2) is 90.1 Å². The molecule has 2 aromatic carbocycles. The first-order valence-electron chi connectivity index (χ1n) is 10.6. The maximum absolute atomic E-state index is 12.8. The highest BCUT2D eigenvalue weighted by Crippen LogP contribution is 2.39. The number of hydrogen-bond donors (Lipinski definition) is 1. The van der Waals surface area contributed by atoms with Crippen molar-refractivity contribution in [3.05, 3.63) is 108 Å². The number of nitrogens with zero attached hydrogens (tertiary/aromatic N) is 3. The number of furan rings is 1. The van der Waals surface area contributed by atoms with Crippen LogP contribution in [-0.4, -0.2) is 32.0 Å². The van der Waals surface area contributed by atoms with Crippen molar-refractivity contribution in [2.45, 2.75) is 18.5 Å². The summed E-state index contributed by atoms with van der Waals surface area (Å²) in [6.45, 7) is 0.834. The largest absolute Gasteiger partial charge is 0.467 e. The number of rotatable bonds is 7. The van der Waals surface area contributed by atoms with Crippen molar-refractivity contribution in [3.63, 3.8) is 0 Å². The molecule has 0 spiro atoms. The highest BCUT2D eigenvalue weighted by Gasteiger charge is 2.33. The minimum Gasteiger partial charge on any atom is -0.467 e. The zero-order valence-electron chi connectivity index (χ0n) is 17.8. The molecular weight excluding hydrogens is 436 g/mol. The second-order valence-electron chi connectivity index (χ2n) is 7.67. The molecule has 1 unspecified atom stereocenters. The number of imidazole rings is 1. The third kappa shape index (κ3) is 4.56. The van der Waals surface area contributed by atoms with Gasteiger partial charge in [0.2, 0.25) is 5.91 Å². The zero-order valence-corrected chi connectivity index (χ0v) is 18.6. The van der Waals surface area contributed by atoms with Crippen molar-refractivity contribution >= 4 is 23.6 Å². The average molecular weight is 459 g/mol. The fourth-order valence-electron chi connectivity index (χ4n) is 3.86. The molecule has 4 aromatic rings. The van der Waals surface area contributed by atoms with Gasteiger partial charge >= 0.3 is 0 Å². The Bertz CT molecular complexity index is 1240.